The van der Waals surface area contributed by atoms with E-state index in [0.29, 0.717) is 63.3 Å². The average Bonchev–Trinajstić information content (AvgIpc) is 3.02. The molecular weight excluding hydrogens is 558 g/mol. The minimum Gasteiger partial charge on any atom is -0.496 e. The van der Waals surface area contributed by atoms with Gasteiger partial charge >= 0.3 is 6.09 Å². The number of methoxy groups -OCH3 is 1. The molecule has 0 aliphatic carbocycles. The van der Waals surface area contributed by atoms with Gasteiger partial charge in [0.05, 0.1) is 51.2 Å². The standard InChI is InChI=1S/C33H38ClNO7/c1-3-17-41-31-20-24(9-14-29(31)34)22-42-32-21-35(33(36)37)16-15-28(32)25-10-12-27(13-11-25)40-19-6-18-39-23-26-7-4-5-8-30(26)38-2/h3-5,7-14,20,28,32H,1,6,15-19,21-23H2,2H3,(H,36,37). The van der Waals surface area contributed by atoms with E-state index in [9.17, 15) is 9.90 Å². The van der Waals surface area contributed by atoms with E-state index in [1.54, 1.807) is 19.3 Å². The van der Waals surface area contributed by atoms with Crippen molar-refractivity contribution < 1.29 is 33.6 Å². The van der Waals surface area contributed by atoms with Crippen LogP contribution in [0.2, 0.25) is 5.02 Å². The Kier molecular flexibility index (Phi) is 11.9. The Morgan fingerprint density at radius 2 is 1.86 bits per heavy atom. The number of nitrogens with zero attached hydrogens (tertiary/aromatic N) is 1. The first-order valence-electron chi connectivity index (χ1n) is 14.0. The lowest BCUT2D eigenvalue weighted by molar-refractivity contribution is -0.0200. The molecule has 1 aliphatic heterocycles. The van der Waals surface area contributed by atoms with Crippen molar-refractivity contribution >= 4 is 17.7 Å². The molecule has 1 heterocycles. The summed E-state index contributed by atoms with van der Waals surface area (Å²) in [7, 11) is 1.66. The second-order valence-electron chi connectivity index (χ2n) is 9.97. The molecule has 3 aromatic rings. The SMILES string of the molecule is C=CCOc1cc(COC2CN(C(=O)O)CCC2c2ccc(OCCCOCc3ccccc3OC)cc2)ccc1Cl. The minimum atomic E-state index is -0.940. The van der Waals surface area contributed by atoms with Gasteiger partial charge in [0.2, 0.25) is 0 Å². The lowest BCUT2D eigenvalue weighted by atomic mass is 9.87. The summed E-state index contributed by atoms with van der Waals surface area (Å²) in [5.41, 5.74) is 2.99. The molecule has 8 nitrogen and oxygen atoms in total. The summed E-state index contributed by atoms with van der Waals surface area (Å²) in [6.45, 7) is 6.66. The van der Waals surface area contributed by atoms with Gasteiger partial charge < -0.3 is 33.7 Å². The third-order valence-electron chi connectivity index (χ3n) is 7.11. The highest BCUT2D eigenvalue weighted by Gasteiger charge is 2.33. The van der Waals surface area contributed by atoms with Crippen molar-refractivity contribution in [2.75, 3.05) is 40.0 Å². The second kappa shape index (κ2) is 16.1. The number of rotatable bonds is 15. The molecule has 0 spiro atoms. The van der Waals surface area contributed by atoms with Gasteiger partial charge in [-0.05, 0) is 47.9 Å². The summed E-state index contributed by atoms with van der Waals surface area (Å²) >= 11 is 6.25. The molecule has 1 amide bonds. The largest absolute Gasteiger partial charge is 0.496 e. The van der Waals surface area contributed by atoms with Crippen molar-refractivity contribution in [3.8, 4) is 17.2 Å². The first-order chi connectivity index (χ1) is 20.5. The van der Waals surface area contributed by atoms with Crippen LogP contribution < -0.4 is 14.2 Å². The van der Waals surface area contributed by atoms with Crippen molar-refractivity contribution in [2.45, 2.75) is 38.1 Å². The Hall–Kier alpha value is -3.72. The molecule has 1 saturated heterocycles. The fourth-order valence-corrected chi connectivity index (χ4v) is 5.08. The molecule has 0 radical (unpaired) electrons. The van der Waals surface area contributed by atoms with E-state index in [1.165, 1.54) is 4.90 Å². The molecule has 0 aromatic heterocycles. The van der Waals surface area contributed by atoms with Gasteiger partial charge in [-0.2, -0.15) is 0 Å². The molecule has 2 atom stereocenters. The van der Waals surface area contributed by atoms with Crippen LogP contribution in [0.1, 0.15) is 35.4 Å². The van der Waals surface area contributed by atoms with E-state index in [4.69, 9.17) is 35.3 Å². The number of ether oxygens (including phenoxy) is 5. The molecule has 0 saturated carbocycles. The summed E-state index contributed by atoms with van der Waals surface area (Å²) in [5.74, 6) is 2.20. The fourth-order valence-electron chi connectivity index (χ4n) is 4.91. The third kappa shape index (κ3) is 8.89. The normalized spacial score (nSPS) is 16.6. The number of amides is 1. The Balaban J connectivity index is 1.29. The number of hydrogen-bond acceptors (Lipinski definition) is 6. The molecule has 9 heteroatoms. The van der Waals surface area contributed by atoms with Crippen LogP contribution >= 0.6 is 11.6 Å². The molecule has 1 aliphatic rings. The predicted molar refractivity (Wildman–Crippen MR) is 162 cm³/mol. The summed E-state index contributed by atoms with van der Waals surface area (Å²) in [6.07, 6.45) is 1.82. The third-order valence-corrected chi connectivity index (χ3v) is 7.42. The van der Waals surface area contributed by atoms with Gasteiger partial charge in [-0.3, -0.25) is 0 Å². The van der Waals surface area contributed by atoms with Crippen LogP contribution in [0.4, 0.5) is 4.79 Å². The van der Waals surface area contributed by atoms with Crippen molar-refractivity contribution in [2.24, 2.45) is 0 Å². The highest BCUT2D eigenvalue weighted by atomic mass is 35.5. The highest BCUT2D eigenvalue weighted by molar-refractivity contribution is 6.32. The zero-order chi connectivity index (χ0) is 29.7. The van der Waals surface area contributed by atoms with Gasteiger partial charge in [0.15, 0.2) is 0 Å². The maximum absolute atomic E-state index is 11.7. The van der Waals surface area contributed by atoms with E-state index in [2.05, 4.69) is 6.58 Å². The van der Waals surface area contributed by atoms with Crippen LogP contribution in [0.5, 0.6) is 17.2 Å². The van der Waals surface area contributed by atoms with E-state index in [0.717, 1.165) is 34.6 Å². The molecule has 2 unspecified atom stereocenters. The van der Waals surface area contributed by atoms with Crippen molar-refractivity contribution in [1.29, 1.82) is 0 Å². The zero-order valence-electron chi connectivity index (χ0n) is 23.9. The number of likely N-dealkylation sites (tertiary alicyclic amines) is 1. The monoisotopic (exact) mass is 595 g/mol. The molecular formula is C33H38ClNO7. The number of carboxylic acid groups (broad SMARTS) is 1. The number of para-hydroxylation sites is 1. The molecule has 1 N–H and O–H groups in total. The fraction of sp³-hybridized carbons (Fsp3) is 0.364. The molecule has 3 aromatic carbocycles. The summed E-state index contributed by atoms with van der Waals surface area (Å²) in [4.78, 5) is 13.1. The van der Waals surface area contributed by atoms with Crippen LogP contribution in [0.25, 0.3) is 0 Å². The van der Waals surface area contributed by atoms with Crippen molar-refractivity contribution in [1.82, 2.24) is 4.90 Å². The van der Waals surface area contributed by atoms with Crippen LogP contribution in [0, 0.1) is 0 Å². The molecule has 224 valence electrons. The number of carbonyl (C=O) groups is 1. The quantitative estimate of drug-likeness (QED) is 0.150. The summed E-state index contributed by atoms with van der Waals surface area (Å²) in [5, 5.41) is 10.1. The topological polar surface area (TPSA) is 86.7 Å². The number of benzene rings is 3. The zero-order valence-corrected chi connectivity index (χ0v) is 24.6. The first kappa shape index (κ1) is 31.2. The molecule has 0 bridgehead atoms. The van der Waals surface area contributed by atoms with Gasteiger partial charge in [0, 0.05) is 24.4 Å². The highest BCUT2D eigenvalue weighted by Crippen LogP contribution is 2.33. The molecule has 4 rings (SSSR count). The Morgan fingerprint density at radius 1 is 1.05 bits per heavy atom. The van der Waals surface area contributed by atoms with E-state index < -0.39 is 6.09 Å². The number of halogens is 1. The van der Waals surface area contributed by atoms with Gasteiger partial charge in [-0.25, -0.2) is 4.79 Å². The lowest BCUT2D eigenvalue weighted by Crippen LogP contribution is -2.46. The minimum absolute atomic E-state index is 0.0433. The van der Waals surface area contributed by atoms with E-state index in [-0.39, 0.29) is 12.0 Å². The van der Waals surface area contributed by atoms with Gasteiger partial charge in [-0.15, -0.1) is 0 Å². The Bertz CT molecular complexity index is 1300. The van der Waals surface area contributed by atoms with Crippen LogP contribution in [-0.2, 0) is 22.7 Å². The summed E-state index contributed by atoms with van der Waals surface area (Å²) in [6, 6.07) is 21.3. The van der Waals surface area contributed by atoms with Gasteiger partial charge in [0.1, 0.15) is 23.9 Å². The van der Waals surface area contributed by atoms with Crippen LogP contribution in [-0.4, -0.2) is 62.2 Å². The molecule has 1 fully saturated rings. The number of hydrogen-bond donors (Lipinski definition) is 1. The summed E-state index contributed by atoms with van der Waals surface area (Å²) < 4.78 is 29.0. The Labute approximate surface area is 252 Å². The van der Waals surface area contributed by atoms with E-state index >= 15 is 0 Å². The maximum Gasteiger partial charge on any atom is 0.407 e. The van der Waals surface area contributed by atoms with Crippen LogP contribution in [0.15, 0.2) is 79.4 Å². The van der Waals surface area contributed by atoms with Crippen molar-refractivity contribution in [3.63, 3.8) is 0 Å². The van der Waals surface area contributed by atoms with Crippen LogP contribution in [0.3, 0.4) is 0 Å². The second-order valence-corrected chi connectivity index (χ2v) is 10.4. The smallest absolute Gasteiger partial charge is 0.407 e. The maximum atomic E-state index is 11.7. The van der Waals surface area contributed by atoms with E-state index in [1.807, 2.05) is 60.7 Å². The van der Waals surface area contributed by atoms with Gasteiger partial charge in [0.25, 0.3) is 0 Å². The lowest BCUT2D eigenvalue weighted by Gasteiger charge is -2.37. The first-order valence-corrected chi connectivity index (χ1v) is 14.4. The molecule has 42 heavy (non-hydrogen) atoms. The Morgan fingerprint density at radius 3 is 2.62 bits per heavy atom. The predicted octanol–water partition coefficient (Wildman–Crippen LogP) is 6.95. The van der Waals surface area contributed by atoms with Crippen molar-refractivity contribution in [3.05, 3.63) is 101 Å². The average molecular weight is 596 g/mol. The van der Waals surface area contributed by atoms with Gasteiger partial charge in [-0.1, -0.05) is 60.7 Å². The number of piperidine rings is 1.